The van der Waals surface area contributed by atoms with Gasteiger partial charge in [-0.2, -0.15) is 28.6 Å². The molecule has 0 spiro atoms. The van der Waals surface area contributed by atoms with Gasteiger partial charge in [-0.05, 0) is 12.5 Å². The van der Waals surface area contributed by atoms with Crippen LogP contribution in [0.5, 0.6) is 0 Å². The third-order valence-corrected chi connectivity index (χ3v) is 6.56. The average molecular weight is 271 g/mol. The molecule has 1 aromatic rings. The summed E-state index contributed by atoms with van der Waals surface area (Å²) in [5.41, 5.74) is 7.49. The lowest BCUT2D eigenvalue weighted by molar-refractivity contribution is 0.585. The number of nitrogens with zero attached hydrogens (tertiary/aromatic N) is 2. The van der Waals surface area contributed by atoms with E-state index >= 15 is 0 Å². The highest BCUT2D eigenvalue weighted by molar-refractivity contribution is 8.07. The van der Waals surface area contributed by atoms with Gasteiger partial charge in [-0.25, -0.2) is 0 Å². The van der Waals surface area contributed by atoms with Gasteiger partial charge in [0.05, 0.1) is 5.69 Å². The van der Waals surface area contributed by atoms with Gasteiger partial charge in [-0.1, -0.05) is 6.92 Å². The molecule has 0 saturated carbocycles. The zero-order chi connectivity index (χ0) is 12.3. The van der Waals surface area contributed by atoms with Gasteiger partial charge in [0.25, 0.3) is 0 Å². The van der Waals surface area contributed by atoms with E-state index in [2.05, 4.69) is 29.9 Å². The first-order chi connectivity index (χ1) is 8.20. The van der Waals surface area contributed by atoms with Crippen LogP contribution in [-0.4, -0.2) is 37.8 Å². The Morgan fingerprint density at radius 1 is 1.53 bits per heavy atom. The van der Waals surface area contributed by atoms with Crippen molar-refractivity contribution in [1.82, 2.24) is 9.78 Å². The minimum absolute atomic E-state index is 0.229. The number of nitrogens with two attached hydrogens (primary N) is 1. The van der Waals surface area contributed by atoms with Crippen LogP contribution in [0.2, 0.25) is 0 Å². The Bertz CT molecular complexity index is 353. The van der Waals surface area contributed by atoms with Gasteiger partial charge >= 0.3 is 0 Å². The van der Waals surface area contributed by atoms with E-state index in [-0.39, 0.29) is 6.04 Å². The highest BCUT2D eigenvalue weighted by Crippen LogP contribution is 2.35. The Labute approximate surface area is 112 Å². The fraction of sp³-hybridized carbons (Fsp3) is 0.750. The summed E-state index contributed by atoms with van der Waals surface area (Å²) >= 11 is 4.14. The van der Waals surface area contributed by atoms with Crippen molar-refractivity contribution in [1.29, 1.82) is 0 Å². The molecule has 3 atom stereocenters. The van der Waals surface area contributed by atoms with Gasteiger partial charge in [0.1, 0.15) is 0 Å². The summed E-state index contributed by atoms with van der Waals surface area (Å²) < 4.78 is 1.85. The quantitative estimate of drug-likeness (QED) is 0.908. The van der Waals surface area contributed by atoms with E-state index in [9.17, 15) is 0 Å². The molecule has 1 aliphatic rings. The minimum Gasteiger partial charge on any atom is -0.326 e. The fourth-order valence-corrected chi connectivity index (χ4v) is 5.46. The minimum atomic E-state index is 0.229. The topological polar surface area (TPSA) is 43.8 Å². The monoisotopic (exact) mass is 271 g/mol. The van der Waals surface area contributed by atoms with Crippen LogP contribution in [0.25, 0.3) is 0 Å². The number of thioether (sulfide) groups is 2. The van der Waals surface area contributed by atoms with Crippen molar-refractivity contribution in [3.8, 4) is 0 Å². The predicted molar refractivity (Wildman–Crippen MR) is 77.7 cm³/mol. The highest BCUT2D eigenvalue weighted by Gasteiger charge is 2.30. The molecular weight excluding hydrogens is 250 g/mol. The molecule has 3 unspecified atom stereocenters. The first-order valence-corrected chi connectivity index (χ1v) is 8.27. The van der Waals surface area contributed by atoms with Crippen molar-refractivity contribution in [2.75, 3.05) is 11.5 Å². The van der Waals surface area contributed by atoms with Crippen molar-refractivity contribution in [2.24, 2.45) is 12.8 Å². The maximum absolute atomic E-state index is 6.37. The van der Waals surface area contributed by atoms with Crippen molar-refractivity contribution < 1.29 is 0 Å². The van der Waals surface area contributed by atoms with Crippen molar-refractivity contribution >= 4 is 23.5 Å². The molecule has 1 fully saturated rings. The summed E-state index contributed by atoms with van der Waals surface area (Å²) in [6, 6.07) is 2.30. The van der Waals surface area contributed by atoms with Gasteiger partial charge in [-0.15, -0.1) is 0 Å². The van der Waals surface area contributed by atoms with Crippen molar-refractivity contribution in [3.63, 3.8) is 0 Å². The van der Waals surface area contributed by atoms with Crippen LogP contribution in [0, 0.1) is 0 Å². The lowest BCUT2D eigenvalue weighted by Gasteiger charge is -2.33. The molecule has 1 saturated heterocycles. The van der Waals surface area contributed by atoms with Crippen LogP contribution in [0.15, 0.2) is 12.3 Å². The van der Waals surface area contributed by atoms with E-state index < -0.39 is 0 Å². The molecule has 2 heterocycles. The maximum atomic E-state index is 6.37. The van der Waals surface area contributed by atoms with Crippen LogP contribution >= 0.6 is 23.5 Å². The summed E-state index contributed by atoms with van der Waals surface area (Å²) in [6.07, 6.45) is 4.11. The molecule has 3 nitrogen and oxygen atoms in total. The molecule has 0 aromatic carbocycles. The number of rotatable bonds is 4. The van der Waals surface area contributed by atoms with E-state index in [0.29, 0.717) is 10.5 Å². The second kappa shape index (κ2) is 6.16. The molecule has 17 heavy (non-hydrogen) atoms. The van der Waals surface area contributed by atoms with E-state index in [4.69, 9.17) is 5.73 Å². The lowest BCUT2D eigenvalue weighted by Crippen LogP contribution is -2.43. The first-order valence-electron chi connectivity index (χ1n) is 6.18. The third-order valence-electron chi connectivity index (χ3n) is 3.13. The first kappa shape index (κ1) is 13.3. The molecule has 0 radical (unpaired) electrons. The molecule has 1 aliphatic heterocycles. The molecule has 1 aromatic heterocycles. The van der Waals surface area contributed by atoms with Gasteiger partial charge in [0, 0.05) is 47.7 Å². The summed E-state index contributed by atoms with van der Waals surface area (Å²) in [5, 5.41) is 5.72. The smallest absolute Gasteiger partial charge is 0.0640 e. The maximum Gasteiger partial charge on any atom is 0.0640 e. The van der Waals surface area contributed by atoms with Crippen LogP contribution in [-0.2, 0) is 13.5 Å². The standard InChI is InChI=1S/C12H21N3S2/c1-3-11-12(17-7-6-16-11)10(13)8-9-4-5-15(2)14-9/h4-5,10-12H,3,6-8,13H2,1-2H3. The van der Waals surface area contributed by atoms with E-state index in [1.54, 1.807) is 0 Å². The predicted octanol–water partition coefficient (Wildman–Crippen LogP) is 1.92. The Balaban J connectivity index is 1.95. The number of aryl methyl sites for hydroxylation is 1. The van der Waals surface area contributed by atoms with Crippen molar-refractivity contribution in [3.05, 3.63) is 18.0 Å². The zero-order valence-corrected chi connectivity index (χ0v) is 12.1. The van der Waals surface area contributed by atoms with E-state index in [1.165, 1.54) is 17.9 Å². The number of aromatic nitrogens is 2. The molecule has 2 rings (SSSR count). The van der Waals surface area contributed by atoms with Crippen LogP contribution in [0.3, 0.4) is 0 Å². The Morgan fingerprint density at radius 2 is 2.29 bits per heavy atom. The molecule has 2 N–H and O–H groups in total. The van der Waals surface area contributed by atoms with Crippen LogP contribution in [0.4, 0.5) is 0 Å². The van der Waals surface area contributed by atoms with E-state index in [0.717, 1.165) is 12.1 Å². The average Bonchev–Trinajstić information content (AvgIpc) is 2.74. The largest absolute Gasteiger partial charge is 0.326 e. The number of hydrogen-bond donors (Lipinski definition) is 1. The second-order valence-electron chi connectivity index (χ2n) is 4.50. The molecule has 96 valence electrons. The summed E-state index contributed by atoms with van der Waals surface area (Å²) in [4.78, 5) is 0. The van der Waals surface area contributed by atoms with Gasteiger partial charge in [0.2, 0.25) is 0 Å². The van der Waals surface area contributed by atoms with Crippen LogP contribution < -0.4 is 5.73 Å². The summed E-state index contributed by atoms with van der Waals surface area (Å²) in [5.74, 6) is 2.51. The third kappa shape index (κ3) is 3.42. The SMILES string of the molecule is CCC1SCCSC1C(N)Cc1ccn(C)n1. The number of hydrogen-bond acceptors (Lipinski definition) is 4. The van der Waals surface area contributed by atoms with Gasteiger partial charge in [-0.3, -0.25) is 4.68 Å². The Kier molecular flexibility index (Phi) is 4.82. The molecule has 0 amide bonds. The lowest BCUT2D eigenvalue weighted by atomic mass is 10.0. The molecule has 0 aliphatic carbocycles. The molecular formula is C12H21N3S2. The van der Waals surface area contributed by atoms with Gasteiger partial charge in [0.15, 0.2) is 0 Å². The zero-order valence-electron chi connectivity index (χ0n) is 10.5. The highest BCUT2D eigenvalue weighted by atomic mass is 32.2. The van der Waals surface area contributed by atoms with E-state index in [1.807, 2.05) is 29.7 Å². The fourth-order valence-electron chi connectivity index (χ4n) is 2.27. The Morgan fingerprint density at radius 3 is 2.94 bits per heavy atom. The van der Waals surface area contributed by atoms with Crippen molar-refractivity contribution in [2.45, 2.75) is 36.3 Å². The summed E-state index contributed by atoms with van der Waals surface area (Å²) in [6.45, 7) is 2.27. The molecule has 0 bridgehead atoms. The second-order valence-corrected chi connectivity index (χ2v) is 7.13. The molecule has 5 heteroatoms. The normalized spacial score (nSPS) is 27.0. The Hall–Kier alpha value is -0.130. The van der Waals surface area contributed by atoms with Crippen LogP contribution in [0.1, 0.15) is 19.0 Å². The van der Waals surface area contributed by atoms with Gasteiger partial charge < -0.3 is 5.73 Å². The summed E-state index contributed by atoms with van der Waals surface area (Å²) in [7, 11) is 1.95.